The zero-order chi connectivity index (χ0) is 17.4. The first-order valence-electron chi connectivity index (χ1n) is 8.58. The summed E-state index contributed by atoms with van der Waals surface area (Å²) >= 11 is 0. The van der Waals surface area contributed by atoms with Crippen LogP contribution in [-0.4, -0.2) is 19.7 Å². The van der Waals surface area contributed by atoms with Crippen molar-refractivity contribution in [2.45, 2.75) is 39.0 Å². The van der Waals surface area contributed by atoms with Crippen molar-refractivity contribution in [1.82, 2.24) is 19.7 Å². The molecule has 0 amide bonds. The molecule has 3 aromatic rings. The molecule has 1 atom stereocenters. The van der Waals surface area contributed by atoms with Crippen molar-refractivity contribution in [1.29, 1.82) is 0 Å². The van der Waals surface area contributed by atoms with Gasteiger partial charge in [0.25, 0.3) is 11.5 Å². The van der Waals surface area contributed by atoms with Gasteiger partial charge in [-0.3, -0.25) is 4.79 Å². The zero-order valence-electron chi connectivity index (χ0n) is 14.4. The molecule has 0 bridgehead atoms. The Bertz CT molecular complexity index is 979. The molecule has 4 rings (SSSR count). The van der Waals surface area contributed by atoms with Crippen LogP contribution >= 0.6 is 0 Å². The molecule has 1 aliphatic rings. The van der Waals surface area contributed by atoms with E-state index in [-0.39, 0.29) is 5.56 Å². The summed E-state index contributed by atoms with van der Waals surface area (Å²) in [5.41, 5.74) is 5.79. The number of fused-ring (bicyclic) bond motifs is 1. The Morgan fingerprint density at radius 3 is 2.76 bits per heavy atom. The molecule has 0 N–H and O–H groups in total. The maximum atomic E-state index is 12.8. The third kappa shape index (κ3) is 2.86. The van der Waals surface area contributed by atoms with Crippen molar-refractivity contribution in [3.8, 4) is 5.95 Å². The minimum Gasteiger partial charge on any atom is -0.267 e. The van der Waals surface area contributed by atoms with Crippen LogP contribution in [0.25, 0.3) is 5.95 Å². The summed E-state index contributed by atoms with van der Waals surface area (Å²) in [5.74, 6) is 0.768. The van der Waals surface area contributed by atoms with E-state index in [0.717, 1.165) is 30.4 Å². The van der Waals surface area contributed by atoms with Gasteiger partial charge >= 0.3 is 0 Å². The molecular formula is C20H20N4O. The molecule has 2 aromatic heterocycles. The Morgan fingerprint density at radius 2 is 1.96 bits per heavy atom. The number of hydrogen-bond acceptors (Lipinski definition) is 4. The van der Waals surface area contributed by atoms with Gasteiger partial charge in [0, 0.05) is 18.0 Å². The molecule has 0 saturated carbocycles. The van der Waals surface area contributed by atoms with Crippen LogP contribution in [0.1, 0.15) is 40.2 Å². The number of aromatic nitrogens is 4. The van der Waals surface area contributed by atoms with E-state index in [1.165, 1.54) is 21.4 Å². The lowest BCUT2D eigenvalue weighted by Crippen LogP contribution is -2.30. The fourth-order valence-electron chi connectivity index (χ4n) is 3.66. The van der Waals surface area contributed by atoms with Gasteiger partial charge in [0.1, 0.15) is 0 Å². The first-order chi connectivity index (χ1) is 12.1. The summed E-state index contributed by atoms with van der Waals surface area (Å²) in [6.45, 7) is 4.28. The maximum Gasteiger partial charge on any atom is 0.277 e. The van der Waals surface area contributed by atoms with Crippen molar-refractivity contribution in [3.05, 3.63) is 81.0 Å². The zero-order valence-corrected chi connectivity index (χ0v) is 14.4. The van der Waals surface area contributed by atoms with E-state index in [0.29, 0.717) is 11.9 Å². The predicted octanol–water partition coefficient (Wildman–Crippen LogP) is 2.91. The van der Waals surface area contributed by atoms with Crippen LogP contribution in [0.5, 0.6) is 0 Å². The number of aryl methyl sites for hydroxylation is 2. The van der Waals surface area contributed by atoms with E-state index >= 15 is 0 Å². The lowest BCUT2D eigenvalue weighted by molar-refractivity contribution is 0.563. The van der Waals surface area contributed by atoms with Crippen molar-refractivity contribution in [3.63, 3.8) is 0 Å². The molecule has 0 saturated heterocycles. The van der Waals surface area contributed by atoms with Crippen LogP contribution in [0.3, 0.4) is 0 Å². The van der Waals surface area contributed by atoms with Gasteiger partial charge in [-0.1, -0.05) is 23.8 Å². The Hall–Kier alpha value is -2.82. The predicted molar refractivity (Wildman–Crippen MR) is 96.1 cm³/mol. The largest absolute Gasteiger partial charge is 0.277 e. The second kappa shape index (κ2) is 6.24. The molecule has 1 aromatic carbocycles. The highest BCUT2D eigenvalue weighted by Gasteiger charge is 2.25. The second-order valence-corrected chi connectivity index (χ2v) is 6.71. The summed E-state index contributed by atoms with van der Waals surface area (Å²) in [6, 6.07) is 8.33. The van der Waals surface area contributed by atoms with Crippen LogP contribution in [-0.2, 0) is 12.8 Å². The van der Waals surface area contributed by atoms with Crippen LogP contribution < -0.4 is 5.56 Å². The number of nitrogens with zero attached hydrogens (tertiary/aromatic N) is 4. The van der Waals surface area contributed by atoms with E-state index in [1.54, 1.807) is 18.5 Å². The number of rotatable bonds is 2. The molecule has 0 aliphatic heterocycles. The first kappa shape index (κ1) is 15.7. The van der Waals surface area contributed by atoms with Gasteiger partial charge in [0.2, 0.25) is 0 Å². The van der Waals surface area contributed by atoms with Gasteiger partial charge in [-0.05, 0) is 61.8 Å². The summed E-state index contributed by atoms with van der Waals surface area (Å²) in [5, 5.41) is 4.31. The Balaban J connectivity index is 1.70. The van der Waals surface area contributed by atoms with Crippen molar-refractivity contribution < 1.29 is 0 Å². The summed E-state index contributed by atoms with van der Waals surface area (Å²) in [7, 11) is 0. The van der Waals surface area contributed by atoms with Gasteiger partial charge in [0.15, 0.2) is 0 Å². The van der Waals surface area contributed by atoms with Gasteiger partial charge in [-0.25, -0.2) is 9.97 Å². The van der Waals surface area contributed by atoms with E-state index < -0.39 is 0 Å². The van der Waals surface area contributed by atoms with Crippen LogP contribution in [0.15, 0.2) is 47.7 Å². The minimum atomic E-state index is -0.0943. The third-order valence-corrected chi connectivity index (χ3v) is 4.99. The monoisotopic (exact) mass is 332 g/mol. The average molecular weight is 332 g/mol. The van der Waals surface area contributed by atoms with Gasteiger partial charge in [0.05, 0.1) is 6.20 Å². The summed E-state index contributed by atoms with van der Waals surface area (Å²) < 4.78 is 1.30. The van der Waals surface area contributed by atoms with Gasteiger partial charge in [-0.15, -0.1) is 0 Å². The first-order valence-corrected chi connectivity index (χ1v) is 8.58. The van der Waals surface area contributed by atoms with Gasteiger partial charge < -0.3 is 0 Å². The Kier molecular flexibility index (Phi) is 3.92. The van der Waals surface area contributed by atoms with E-state index in [9.17, 15) is 4.79 Å². The maximum absolute atomic E-state index is 12.8. The fraction of sp³-hybridized carbons (Fsp3) is 0.300. The van der Waals surface area contributed by atoms with Crippen LogP contribution in [0.2, 0.25) is 0 Å². The van der Waals surface area contributed by atoms with E-state index in [2.05, 4.69) is 47.1 Å². The Morgan fingerprint density at radius 1 is 1.16 bits per heavy atom. The molecular weight excluding hydrogens is 312 g/mol. The highest BCUT2D eigenvalue weighted by molar-refractivity contribution is 5.37. The molecule has 0 fully saturated rings. The summed E-state index contributed by atoms with van der Waals surface area (Å²) in [4.78, 5) is 21.1. The van der Waals surface area contributed by atoms with E-state index in [1.807, 2.05) is 6.20 Å². The normalized spacial score (nSPS) is 16.5. The lowest BCUT2D eigenvalue weighted by Gasteiger charge is -2.26. The molecule has 1 aliphatic carbocycles. The van der Waals surface area contributed by atoms with Crippen LogP contribution in [0.4, 0.5) is 0 Å². The molecule has 2 heterocycles. The second-order valence-electron chi connectivity index (χ2n) is 6.71. The Labute approximate surface area is 146 Å². The standard InChI is InChI=1S/C20H20N4O/c1-13-4-5-14(2)18(10-13)15-6-7-17-16(11-15)12-23-24(19(17)25)20-21-8-3-9-22-20/h3-5,8-10,12,15H,6-7,11H2,1-2H3. The minimum absolute atomic E-state index is 0.0943. The molecule has 5 nitrogen and oxygen atoms in total. The van der Waals surface area contributed by atoms with E-state index in [4.69, 9.17) is 0 Å². The van der Waals surface area contributed by atoms with Crippen molar-refractivity contribution in [2.24, 2.45) is 0 Å². The quantitative estimate of drug-likeness (QED) is 0.724. The average Bonchev–Trinajstić information content (AvgIpc) is 2.64. The summed E-state index contributed by atoms with van der Waals surface area (Å²) in [6.07, 6.45) is 7.65. The molecule has 5 heteroatoms. The third-order valence-electron chi connectivity index (χ3n) is 4.99. The SMILES string of the molecule is Cc1ccc(C)c(C2CCc3c(cnn(-c4ncccn4)c3=O)C2)c1. The highest BCUT2D eigenvalue weighted by atomic mass is 16.1. The molecule has 25 heavy (non-hydrogen) atoms. The lowest BCUT2D eigenvalue weighted by atomic mass is 9.79. The molecule has 0 radical (unpaired) electrons. The van der Waals surface area contributed by atoms with Crippen molar-refractivity contribution >= 4 is 0 Å². The topological polar surface area (TPSA) is 60.7 Å². The molecule has 126 valence electrons. The number of benzene rings is 1. The smallest absolute Gasteiger partial charge is 0.267 e. The molecule has 1 unspecified atom stereocenters. The van der Waals surface area contributed by atoms with Crippen LogP contribution in [0, 0.1) is 13.8 Å². The number of hydrogen-bond donors (Lipinski definition) is 0. The van der Waals surface area contributed by atoms with Crippen molar-refractivity contribution in [2.75, 3.05) is 0 Å². The highest BCUT2D eigenvalue weighted by Crippen LogP contribution is 2.33. The van der Waals surface area contributed by atoms with Gasteiger partial charge in [-0.2, -0.15) is 9.78 Å². The molecule has 0 spiro atoms. The fourth-order valence-corrected chi connectivity index (χ4v) is 3.66.